The van der Waals surface area contributed by atoms with Gasteiger partial charge >= 0.3 is 0 Å². The minimum atomic E-state index is -0.197. The van der Waals surface area contributed by atoms with Crippen molar-refractivity contribution in [1.82, 2.24) is 4.90 Å². The number of hydrogen-bond donors (Lipinski definition) is 0. The van der Waals surface area contributed by atoms with Crippen LogP contribution < -0.4 is 0 Å². The van der Waals surface area contributed by atoms with E-state index in [0.717, 1.165) is 12.4 Å². The molecule has 1 aliphatic heterocycles. The maximum atomic E-state index is 13.6. The van der Waals surface area contributed by atoms with Crippen LogP contribution in [0.3, 0.4) is 0 Å². The first-order valence-electron chi connectivity index (χ1n) is 5.63. The normalized spacial score (nSPS) is 20.4. The van der Waals surface area contributed by atoms with Gasteiger partial charge in [0.15, 0.2) is 0 Å². The van der Waals surface area contributed by atoms with Gasteiger partial charge in [-0.05, 0) is 18.1 Å². The van der Waals surface area contributed by atoms with E-state index in [9.17, 15) is 4.39 Å². The summed E-state index contributed by atoms with van der Waals surface area (Å²) < 4.78 is 13.6. The number of nitrogens with zero attached hydrogens (tertiary/aromatic N) is 2. The van der Waals surface area contributed by atoms with Crippen LogP contribution in [0.4, 0.5) is 4.39 Å². The molecule has 0 amide bonds. The van der Waals surface area contributed by atoms with Gasteiger partial charge in [-0.3, -0.25) is 4.99 Å². The molecular weight excluding hydrogens is 203 g/mol. The Balaban J connectivity index is 2.34. The standard InChI is InChI=1S/C13H17FN2/c1-9(2)12-8-16(3)13(15-12)10-6-4-5-7-11(10)14/h4-7,9,12H,8H2,1-3H3/t12-/m1/s1. The molecule has 0 radical (unpaired) electrons. The smallest absolute Gasteiger partial charge is 0.134 e. The molecule has 0 spiro atoms. The summed E-state index contributed by atoms with van der Waals surface area (Å²) in [5.41, 5.74) is 0.605. The number of rotatable bonds is 2. The summed E-state index contributed by atoms with van der Waals surface area (Å²) in [6.07, 6.45) is 0. The zero-order valence-corrected chi connectivity index (χ0v) is 9.94. The first-order chi connectivity index (χ1) is 7.59. The molecule has 2 nitrogen and oxygen atoms in total. The van der Waals surface area contributed by atoms with Gasteiger partial charge < -0.3 is 4.90 Å². The quantitative estimate of drug-likeness (QED) is 0.748. The number of halogens is 1. The van der Waals surface area contributed by atoms with Crippen molar-refractivity contribution in [2.24, 2.45) is 10.9 Å². The summed E-state index contributed by atoms with van der Waals surface area (Å²) >= 11 is 0. The SMILES string of the molecule is CC(C)[C@H]1CN(C)C(c2ccccc2F)=N1. The molecule has 1 aromatic carbocycles. The lowest BCUT2D eigenvalue weighted by atomic mass is 10.1. The monoisotopic (exact) mass is 220 g/mol. The fraction of sp³-hybridized carbons (Fsp3) is 0.462. The van der Waals surface area contributed by atoms with Crippen LogP contribution in [0.2, 0.25) is 0 Å². The van der Waals surface area contributed by atoms with Crippen molar-refractivity contribution in [3.8, 4) is 0 Å². The molecule has 1 heterocycles. The molecular formula is C13H17FN2. The van der Waals surface area contributed by atoms with Crippen LogP contribution in [0, 0.1) is 11.7 Å². The average Bonchev–Trinajstić information content (AvgIpc) is 2.61. The van der Waals surface area contributed by atoms with Gasteiger partial charge in [-0.2, -0.15) is 0 Å². The molecule has 0 saturated carbocycles. The second-order valence-corrected chi connectivity index (χ2v) is 4.62. The fourth-order valence-corrected chi connectivity index (χ4v) is 1.94. The molecule has 3 heteroatoms. The van der Waals surface area contributed by atoms with Gasteiger partial charge in [0.25, 0.3) is 0 Å². The zero-order chi connectivity index (χ0) is 11.7. The first kappa shape index (κ1) is 11.1. The highest BCUT2D eigenvalue weighted by Gasteiger charge is 2.26. The van der Waals surface area contributed by atoms with Crippen molar-refractivity contribution in [2.75, 3.05) is 13.6 Å². The third-order valence-electron chi connectivity index (χ3n) is 2.99. The summed E-state index contributed by atoms with van der Waals surface area (Å²) in [6, 6.07) is 7.09. The molecule has 1 atom stereocenters. The maximum absolute atomic E-state index is 13.6. The van der Waals surface area contributed by atoms with Crippen LogP contribution in [0.25, 0.3) is 0 Å². The van der Waals surface area contributed by atoms with E-state index in [1.54, 1.807) is 12.1 Å². The molecule has 0 aromatic heterocycles. The summed E-state index contributed by atoms with van der Waals surface area (Å²) in [7, 11) is 1.97. The molecule has 16 heavy (non-hydrogen) atoms. The lowest BCUT2D eigenvalue weighted by Gasteiger charge is -2.16. The Morgan fingerprint density at radius 2 is 2.06 bits per heavy atom. The molecule has 0 aliphatic carbocycles. The number of likely N-dealkylation sites (N-methyl/N-ethyl adjacent to an activating group) is 1. The molecule has 2 rings (SSSR count). The third-order valence-corrected chi connectivity index (χ3v) is 2.99. The summed E-state index contributed by atoms with van der Waals surface area (Å²) in [5, 5.41) is 0. The second kappa shape index (κ2) is 4.24. The predicted molar refractivity (Wildman–Crippen MR) is 64.2 cm³/mol. The lowest BCUT2D eigenvalue weighted by Crippen LogP contribution is -2.27. The zero-order valence-electron chi connectivity index (χ0n) is 9.94. The van der Waals surface area contributed by atoms with Crippen molar-refractivity contribution in [3.05, 3.63) is 35.6 Å². The Morgan fingerprint density at radius 3 is 2.62 bits per heavy atom. The van der Waals surface area contributed by atoms with Gasteiger partial charge in [0.05, 0.1) is 11.6 Å². The Hall–Kier alpha value is -1.38. The van der Waals surface area contributed by atoms with Crippen LogP contribution in [0.15, 0.2) is 29.3 Å². The maximum Gasteiger partial charge on any atom is 0.134 e. The van der Waals surface area contributed by atoms with E-state index in [4.69, 9.17) is 0 Å². The minimum Gasteiger partial charge on any atom is -0.357 e. The molecule has 0 bridgehead atoms. The van der Waals surface area contributed by atoms with Crippen LogP contribution in [-0.4, -0.2) is 30.4 Å². The van der Waals surface area contributed by atoms with Crippen molar-refractivity contribution in [1.29, 1.82) is 0 Å². The average molecular weight is 220 g/mol. The Bertz CT molecular complexity index is 412. The Morgan fingerprint density at radius 1 is 1.38 bits per heavy atom. The van der Waals surface area contributed by atoms with Gasteiger partial charge in [0.2, 0.25) is 0 Å². The van der Waals surface area contributed by atoms with Crippen LogP contribution >= 0.6 is 0 Å². The van der Waals surface area contributed by atoms with Crippen molar-refractivity contribution in [2.45, 2.75) is 19.9 Å². The van der Waals surface area contributed by atoms with E-state index in [2.05, 4.69) is 18.8 Å². The highest BCUT2D eigenvalue weighted by Crippen LogP contribution is 2.20. The third kappa shape index (κ3) is 1.94. The summed E-state index contributed by atoms with van der Waals surface area (Å²) in [5.74, 6) is 1.07. The molecule has 1 aliphatic rings. The first-order valence-corrected chi connectivity index (χ1v) is 5.63. The summed E-state index contributed by atoms with van der Waals surface area (Å²) in [4.78, 5) is 6.63. The highest BCUT2D eigenvalue weighted by atomic mass is 19.1. The molecule has 0 fully saturated rings. The molecule has 1 aromatic rings. The summed E-state index contributed by atoms with van der Waals surface area (Å²) in [6.45, 7) is 5.17. The van der Waals surface area contributed by atoms with E-state index in [-0.39, 0.29) is 11.9 Å². The molecule has 86 valence electrons. The van der Waals surface area contributed by atoms with Crippen LogP contribution in [-0.2, 0) is 0 Å². The van der Waals surface area contributed by atoms with Crippen molar-refractivity contribution < 1.29 is 4.39 Å². The van der Waals surface area contributed by atoms with Gasteiger partial charge in [-0.25, -0.2) is 4.39 Å². The molecule has 0 unspecified atom stereocenters. The largest absolute Gasteiger partial charge is 0.357 e. The van der Waals surface area contributed by atoms with Gasteiger partial charge in [0, 0.05) is 13.6 Å². The van der Waals surface area contributed by atoms with Gasteiger partial charge in [-0.15, -0.1) is 0 Å². The van der Waals surface area contributed by atoms with Crippen molar-refractivity contribution >= 4 is 5.84 Å². The topological polar surface area (TPSA) is 15.6 Å². The molecule has 0 N–H and O–H groups in total. The number of benzene rings is 1. The number of hydrogen-bond acceptors (Lipinski definition) is 2. The van der Waals surface area contributed by atoms with E-state index >= 15 is 0 Å². The molecule has 0 saturated heterocycles. The minimum absolute atomic E-state index is 0.197. The second-order valence-electron chi connectivity index (χ2n) is 4.62. The number of aliphatic imine (C=N–C) groups is 1. The van der Waals surface area contributed by atoms with Gasteiger partial charge in [0.1, 0.15) is 11.7 Å². The van der Waals surface area contributed by atoms with Crippen LogP contribution in [0.5, 0.6) is 0 Å². The van der Waals surface area contributed by atoms with Gasteiger partial charge in [-0.1, -0.05) is 26.0 Å². The van der Waals surface area contributed by atoms with Crippen LogP contribution in [0.1, 0.15) is 19.4 Å². The van der Waals surface area contributed by atoms with E-state index < -0.39 is 0 Å². The Kier molecular flexibility index (Phi) is 2.95. The Labute approximate surface area is 95.8 Å². The van der Waals surface area contributed by atoms with E-state index in [1.807, 2.05) is 18.0 Å². The van der Waals surface area contributed by atoms with E-state index in [0.29, 0.717) is 11.5 Å². The van der Waals surface area contributed by atoms with Crippen molar-refractivity contribution in [3.63, 3.8) is 0 Å². The fourth-order valence-electron chi connectivity index (χ4n) is 1.94. The van der Waals surface area contributed by atoms with E-state index in [1.165, 1.54) is 6.07 Å². The number of amidine groups is 1. The predicted octanol–water partition coefficient (Wildman–Crippen LogP) is 2.54. The highest BCUT2D eigenvalue weighted by molar-refractivity contribution is 6.00. The lowest BCUT2D eigenvalue weighted by molar-refractivity contribution is 0.427.